The minimum absolute atomic E-state index is 0.0382. The molecule has 0 atom stereocenters. The Balaban J connectivity index is 1.98. The van der Waals surface area contributed by atoms with Crippen LogP contribution in [0.2, 0.25) is 0 Å². The SMILES string of the molecule is CN(CCC(N)=S)C(=O)COc1cccc2cccnc12. The smallest absolute Gasteiger partial charge is 0.260 e. The van der Waals surface area contributed by atoms with Crippen LogP contribution in [0.4, 0.5) is 0 Å². The number of aromatic nitrogens is 1. The summed E-state index contributed by atoms with van der Waals surface area (Å²) in [5.74, 6) is 0.475. The number of carbonyl (C=O) groups is 1. The van der Waals surface area contributed by atoms with Gasteiger partial charge in [0.15, 0.2) is 6.61 Å². The zero-order chi connectivity index (χ0) is 15.2. The van der Waals surface area contributed by atoms with Crippen molar-refractivity contribution in [2.45, 2.75) is 6.42 Å². The van der Waals surface area contributed by atoms with Gasteiger partial charge in [0.25, 0.3) is 5.91 Å². The zero-order valence-corrected chi connectivity index (χ0v) is 12.6. The van der Waals surface area contributed by atoms with Crippen LogP contribution in [0, 0.1) is 0 Å². The van der Waals surface area contributed by atoms with Gasteiger partial charge in [0.05, 0.1) is 4.99 Å². The molecule has 110 valence electrons. The molecule has 6 heteroatoms. The Morgan fingerprint density at radius 1 is 1.38 bits per heavy atom. The molecule has 0 fully saturated rings. The number of fused-ring (bicyclic) bond motifs is 1. The topological polar surface area (TPSA) is 68.5 Å². The Morgan fingerprint density at radius 2 is 2.14 bits per heavy atom. The van der Waals surface area contributed by atoms with Crippen LogP contribution in [0.5, 0.6) is 5.75 Å². The van der Waals surface area contributed by atoms with Gasteiger partial charge in [-0.3, -0.25) is 9.78 Å². The molecule has 2 rings (SSSR count). The number of hydrogen-bond acceptors (Lipinski definition) is 4. The minimum atomic E-state index is -0.126. The largest absolute Gasteiger partial charge is 0.481 e. The fraction of sp³-hybridized carbons (Fsp3) is 0.267. The third kappa shape index (κ3) is 4.13. The van der Waals surface area contributed by atoms with Crippen molar-refractivity contribution in [3.8, 4) is 5.75 Å². The number of amides is 1. The summed E-state index contributed by atoms with van der Waals surface area (Å²) in [5.41, 5.74) is 6.17. The summed E-state index contributed by atoms with van der Waals surface area (Å²) in [6.45, 7) is 0.453. The molecule has 21 heavy (non-hydrogen) atoms. The summed E-state index contributed by atoms with van der Waals surface area (Å²) in [6, 6.07) is 9.44. The molecule has 1 aromatic carbocycles. The highest BCUT2D eigenvalue weighted by Gasteiger charge is 2.11. The van der Waals surface area contributed by atoms with E-state index in [-0.39, 0.29) is 12.5 Å². The summed E-state index contributed by atoms with van der Waals surface area (Å²) >= 11 is 4.79. The Bertz CT molecular complexity index is 655. The monoisotopic (exact) mass is 303 g/mol. The minimum Gasteiger partial charge on any atom is -0.481 e. The molecule has 0 aliphatic heterocycles. The van der Waals surface area contributed by atoms with E-state index >= 15 is 0 Å². The van der Waals surface area contributed by atoms with Crippen molar-refractivity contribution in [2.24, 2.45) is 5.73 Å². The van der Waals surface area contributed by atoms with Crippen LogP contribution in [0.25, 0.3) is 10.9 Å². The Kier molecular flexibility index (Phi) is 5.05. The standard InChI is InChI=1S/C15H17N3O2S/c1-18(9-7-13(16)21)14(19)10-20-12-6-2-4-11-5-3-8-17-15(11)12/h2-6,8H,7,9-10H2,1H3,(H2,16,21). The van der Waals surface area contributed by atoms with Gasteiger partial charge < -0.3 is 15.4 Å². The lowest BCUT2D eigenvalue weighted by Gasteiger charge is -2.17. The van der Waals surface area contributed by atoms with Crippen molar-refractivity contribution in [3.05, 3.63) is 36.5 Å². The number of likely N-dealkylation sites (N-methyl/N-ethyl adjacent to an activating group) is 1. The number of ether oxygens (including phenoxy) is 1. The van der Waals surface area contributed by atoms with E-state index < -0.39 is 0 Å². The number of rotatable bonds is 6. The summed E-state index contributed by atoms with van der Waals surface area (Å²) in [5, 5.41) is 0.976. The van der Waals surface area contributed by atoms with E-state index in [0.717, 1.165) is 10.9 Å². The van der Waals surface area contributed by atoms with Gasteiger partial charge in [-0.05, 0) is 12.1 Å². The van der Waals surface area contributed by atoms with E-state index in [1.165, 1.54) is 0 Å². The Hall–Kier alpha value is -2.21. The molecule has 0 aliphatic carbocycles. The summed E-state index contributed by atoms with van der Waals surface area (Å²) in [4.78, 5) is 18.2. The lowest BCUT2D eigenvalue weighted by molar-refractivity contribution is -0.131. The lowest BCUT2D eigenvalue weighted by atomic mass is 10.2. The number of pyridine rings is 1. The number of thiocarbonyl (C=S) groups is 1. The van der Waals surface area contributed by atoms with Gasteiger partial charge in [0.1, 0.15) is 11.3 Å². The van der Waals surface area contributed by atoms with Gasteiger partial charge in [-0.15, -0.1) is 0 Å². The molecule has 0 saturated carbocycles. The van der Waals surface area contributed by atoms with Crippen LogP contribution in [0.1, 0.15) is 6.42 Å². The zero-order valence-electron chi connectivity index (χ0n) is 11.8. The molecule has 0 spiro atoms. The molecule has 0 aliphatic rings. The molecule has 0 radical (unpaired) electrons. The second kappa shape index (κ2) is 6.99. The van der Waals surface area contributed by atoms with Gasteiger partial charge in [0.2, 0.25) is 0 Å². The van der Waals surface area contributed by atoms with Crippen LogP contribution in [0.15, 0.2) is 36.5 Å². The number of nitrogens with two attached hydrogens (primary N) is 1. The first-order chi connectivity index (χ1) is 10.1. The van der Waals surface area contributed by atoms with Crippen LogP contribution in [-0.2, 0) is 4.79 Å². The molecular weight excluding hydrogens is 286 g/mol. The predicted molar refractivity (Wildman–Crippen MR) is 86.3 cm³/mol. The lowest BCUT2D eigenvalue weighted by Crippen LogP contribution is -2.33. The second-order valence-electron chi connectivity index (χ2n) is 4.65. The van der Waals surface area contributed by atoms with Gasteiger partial charge in [-0.25, -0.2) is 0 Å². The fourth-order valence-electron chi connectivity index (χ4n) is 1.84. The highest BCUT2D eigenvalue weighted by molar-refractivity contribution is 7.80. The normalized spacial score (nSPS) is 10.3. The molecule has 5 nitrogen and oxygen atoms in total. The summed E-state index contributed by atoms with van der Waals surface area (Å²) in [6.07, 6.45) is 2.21. The first-order valence-electron chi connectivity index (χ1n) is 6.57. The molecule has 2 aromatic rings. The van der Waals surface area contributed by atoms with E-state index in [9.17, 15) is 4.79 Å². The van der Waals surface area contributed by atoms with Crippen molar-refractivity contribution in [1.82, 2.24) is 9.88 Å². The molecule has 1 aromatic heterocycles. The van der Waals surface area contributed by atoms with Crippen LogP contribution < -0.4 is 10.5 Å². The van der Waals surface area contributed by atoms with E-state index in [1.54, 1.807) is 24.2 Å². The van der Waals surface area contributed by atoms with Gasteiger partial charge in [-0.1, -0.05) is 30.4 Å². The maximum Gasteiger partial charge on any atom is 0.260 e. The average molecular weight is 303 g/mol. The van der Waals surface area contributed by atoms with Gasteiger partial charge in [-0.2, -0.15) is 0 Å². The Labute approximate surface area is 128 Å². The molecule has 0 unspecified atom stereocenters. The number of benzene rings is 1. The van der Waals surface area contributed by atoms with Crippen LogP contribution in [0.3, 0.4) is 0 Å². The quantitative estimate of drug-likeness (QED) is 0.823. The molecule has 1 amide bonds. The third-order valence-corrected chi connectivity index (χ3v) is 3.27. The number of nitrogens with zero attached hydrogens (tertiary/aromatic N) is 2. The van der Waals surface area contributed by atoms with Crippen molar-refractivity contribution in [2.75, 3.05) is 20.2 Å². The maximum absolute atomic E-state index is 12.0. The average Bonchev–Trinajstić information content (AvgIpc) is 2.50. The first kappa shape index (κ1) is 15.2. The Morgan fingerprint density at radius 3 is 2.90 bits per heavy atom. The predicted octanol–water partition coefficient (Wildman–Crippen LogP) is 1.75. The highest BCUT2D eigenvalue weighted by atomic mass is 32.1. The third-order valence-electron chi connectivity index (χ3n) is 3.07. The maximum atomic E-state index is 12.0. The van der Waals surface area contributed by atoms with E-state index in [0.29, 0.717) is 23.7 Å². The summed E-state index contributed by atoms with van der Waals surface area (Å²) in [7, 11) is 1.70. The van der Waals surface area contributed by atoms with Crippen molar-refractivity contribution >= 4 is 34.0 Å². The first-order valence-corrected chi connectivity index (χ1v) is 6.97. The molecule has 0 saturated heterocycles. The molecule has 1 heterocycles. The second-order valence-corrected chi connectivity index (χ2v) is 5.18. The van der Waals surface area contributed by atoms with Crippen molar-refractivity contribution < 1.29 is 9.53 Å². The van der Waals surface area contributed by atoms with Crippen LogP contribution in [-0.4, -0.2) is 41.0 Å². The summed E-state index contributed by atoms with van der Waals surface area (Å²) < 4.78 is 5.59. The van der Waals surface area contributed by atoms with Crippen molar-refractivity contribution in [1.29, 1.82) is 0 Å². The number of para-hydroxylation sites is 1. The molecule has 2 N–H and O–H groups in total. The van der Waals surface area contributed by atoms with E-state index in [4.69, 9.17) is 22.7 Å². The van der Waals surface area contributed by atoms with Crippen molar-refractivity contribution in [3.63, 3.8) is 0 Å². The van der Waals surface area contributed by atoms with Gasteiger partial charge in [0, 0.05) is 31.6 Å². The van der Waals surface area contributed by atoms with E-state index in [1.807, 2.05) is 24.3 Å². The number of hydrogen-bond donors (Lipinski definition) is 1. The molecular formula is C15H17N3O2S. The molecule has 0 bridgehead atoms. The number of carbonyl (C=O) groups excluding carboxylic acids is 1. The fourth-order valence-corrected chi connectivity index (χ4v) is 1.94. The van der Waals surface area contributed by atoms with Crippen LogP contribution >= 0.6 is 12.2 Å². The van der Waals surface area contributed by atoms with E-state index in [2.05, 4.69) is 4.98 Å². The van der Waals surface area contributed by atoms with Gasteiger partial charge >= 0.3 is 0 Å². The highest BCUT2D eigenvalue weighted by Crippen LogP contribution is 2.22.